The predicted octanol–water partition coefficient (Wildman–Crippen LogP) is 3.92. The number of aryl methyl sites for hydroxylation is 1. The first-order chi connectivity index (χ1) is 13.2. The van der Waals surface area contributed by atoms with Crippen LogP contribution >= 0.6 is 0 Å². The number of hydrogen-bond acceptors (Lipinski definition) is 5. The van der Waals surface area contributed by atoms with Crippen LogP contribution in [-0.2, 0) is 6.54 Å². The second-order valence-electron chi connectivity index (χ2n) is 7.24. The van der Waals surface area contributed by atoms with E-state index in [0.29, 0.717) is 11.7 Å². The van der Waals surface area contributed by atoms with Crippen molar-refractivity contribution < 1.29 is 4.52 Å². The van der Waals surface area contributed by atoms with Crippen molar-refractivity contribution in [1.82, 2.24) is 19.9 Å². The number of hydrogen-bond donors (Lipinski definition) is 0. The van der Waals surface area contributed by atoms with Crippen molar-refractivity contribution in [2.75, 3.05) is 26.2 Å². The fourth-order valence-corrected chi connectivity index (χ4v) is 3.60. The average Bonchev–Trinajstić information content (AvgIpc) is 3.21. The second kappa shape index (κ2) is 8.03. The molecule has 0 radical (unpaired) electrons. The highest BCUT2D eigenvalue weighted by molar-refractivity contribution is 5.53. The fourth-order valence-electron chi connectivity index (χ4n) is 3.60. The molecule has 3 aromatic rings. The van der Waals surface area contributed by atoms with Crippen molar-refractivity contribution in [3.8, 4) is 11.4 Å². The molecule has 5 nitrogen and oxygen atoms in total. The van der Waals surface area contributed by atoms with Crippen LogP contribution in [0.15, 0.2) is 59.1 Å². The Labute approximate surface area is 160 Å². The molecule has 5 heteroatoms. The van der Waals surface area contributed by atoms with E-state index in [1.54, 1.807) is 0 Å². The van der Waals surface area contributed by atoms with Gasteiger partial charge in [-0.25, -0.2) is 0 Å². The molecule has 1 aliphatic rings. The van der Waals surface area contributed by atoms with E-state index in [-0.39, 0.29) is 6.04 Å². The maximum Gasteiger partial charge on any atom is 0.244 e. The molecule has 140 valence electrons. The van der Waals surface area contributed by atoms with Gasteiger partial charge in [0.15, 0.2) is 0 Å². The summed E-state index contributed by atoms with van der Waals surface area (Å²) in [6.45, 7) is 9.49. The fraction of sp³-hybridized carbons (Fsp3) is 0.364. The molecule has 2 heterocycles. The lowest BCUT2D eigenvalue weighted by Crippen LogP contribution is -2.46. The first-order valence-electron chi connectivity index (χ1n) is 9.60. The van der Waals surface area contributed by atoms with E-state index in [4.69, 9.17) is 4.52 Å². The van der Waals surface area contributed by atoms with Crippen molar-refractivity contribution >= 4 is 0 Å². The summed E-state index contributed by atoms with van der Waals surface area (Å²) in [6.07, 6.45) is 0. The minimum Gasteiger partial charge on any atom is -0.337 e. The molecule has 0 amide bonds. The smallest absolute Gasteiger partial charge is 0.244 e. The molecular formula is C22H26N4O. The third-order valence-corrected chi connectivity index (χ3v) is 5.44. The number of rotatable bonds is 5. The van der Waals surface area contributed by atoms with Gasteiger partial charge in [0.05, 0.1) is 6.04 Å². The highest BCUT2D eigenvalue weighted by Gasteiger charge is 2.26. The summed E-state index contributed by atoms with van der Waals surface area (Å²) in [6, 6.07) is 18.8. The van der Waals surface area contributed by atoms with Crippen molar-refractivity contribution in [2.24, 2.45) is 0 Å². The predicted molar refractivity (Wildman–Crippen MR) is 106 cm³/mol. The molecule has 1 saturated heterocycles. The Bertz CT molecular complexity index is 869. The Morgan fingerprint density at radius 2 is 1.67 bits per heavy atom. The zero-order valence-corrected chi connectivity index (χ0v) is 16.0. The van der Waals surface area contributed by atoms with Crippen molar-refractivity contribution in [3.05, 3.63) is 71.6 Å². The minimum atomic E-state index is 0.135. The molecule has 1 fully saturated rings. The molecule has 1 aromatic heterocycles. The summed E-state index contributed by atoms with van der Waals surface area (Å²) in [5, 5.41) is 4.16. The summed E-state index contributed by atoms with van der Waals surface area (Å²) in [5.74, 6) is 1.36. The summed E-state index contributed by atoms with van der Waals surface area (Å²) >= 11 is 0. The van der Waals surface area contributed by atoms with Gasteiger partial charge in [0.25, 0.3) is 0 Å². The Kier molecular flexibility index (Phi) is 5.32. The topological polar surface area (TPSA) is 45.4 Å². The maximum atomic E-state index is 5.56. The molecule has 1 aliphatic heterocycles. The van der Waals surface area contributed by atoms with Crippen molar-refractivity contribution in [2.45, 2.75) is 26.4 Å². The van der Waals surface area contributed by atoms with Crippen LogP contribution in [0.25, 0.3) is 11.4 Å². The first kappa shape index (κ1) is 17.9. The van der Waals surface area contributed by atoms with E-state index in [9.17, 15) is 0 Å². The molecule has 2 aromatic carbocycles. The van der Waals surface area contributed by atoms with Crippen molar-refractivity contribution in [3.63, 3.8) is 0 Å². The van der Waals surface area contributed by atoms with Crippen LogP contribution in [0.5, 0.6) is 0 Å². The normalized spacial score (nSPS) is 17.1. The molecule has 0 N–H and O–H groups in total. The third kappa shape index (κ3) is 4.10. The van der Waals surface area contributed by atoms with Gasteiger partial charge in [-0.05, 0) is 25.0 Å². The van der Waals surface area contributed by atoms with E-state index in [2.05, 4.69) is 58.1 Å². The van der Waals surface area contributed by atoms with E-state index in [0.717, 1.165) is 38.3 Å². The molecule has 1 atom stereocenters. The lowest BCUT2D eigenvalue weighted by molar-refractivity contribution is 0.0844. The van der Waals surface area contributed by atoms with Crippen LogP contribution in [0.2, 0.25) is 0 Å². The SMILES string of the molecule is Cc1ccccc1CN1CCN(C(C)c2nc(-c3ccccc3)no2)CC1. The van der Waals surface area contributed by atoms with Crippen LogP contribution in [0, 0.1) is 6.92 Å². The van der Waals surface area contributed by atoms with E-state index in [1.807, 2.05) is 30.3 Å². The number of aromatic nitrogens is 2. The summed E-state index contributed by atoms with van der Waals surface area (Å²) in [7, 11) is 0. The molecule has 0 spiro atoms. The summed E-state index contributed by atoms with van der Waals surface area (Å²) in [4.78, 5) is 9.57. The average molecular weight is 362 g/mol. The monoisotopic (exact) mass is 362 g/mol. The van der Waals surface area contributed by atoms with Gasteiger partial charge in [-0.3, -0.25) is 9.80 Å². The zero-order valence-electron chi connectivity index (χ0n) is 16.0. The number of benzene rings is 2. The Morgan fingerprint density at radius 3 is 2.41 bits per heavy atom. The first-order valence-corrected chi connectivity index (χ1v) is 9.60. The highest BCUT2D eigenvalue weighted by Crippen LogP contribution is 2.24. The van der Waals surface area contributed by atoms with Crippen LogP contribution in [-0.4, -0.2) is 46.1 Å². The largest absolute Gasteiger partial charge is 0.337 e. The van der Waals surface area contributed by atoms with E-state index >= 15 is 0 Å². The van der Waals surface area contributed by atoms with Gasteiger partial charge in [0, 0.05) is 38.3 Å². The van der Waals surface area contributed by atoms with Gasteiger partial charge in [-0.1, -0.05) is 59.8 Å². The van der Waals surface area contributed by atoms with E-state index in [1.165, 1.54) is 11.1 Å². The van der Waals surface area contributed by atoms with Crippen LogP contribution < -0.4 is 0 Å². The quantitative estimate of drug-likeness (QED) is 0.688. The third-order valence-electron chi connectivity index (χ3n) is 5.44. The molecule has 27 heavy (non-hydrogen) atoms. The van der Waals surface area contributed by atoms with Crippen LogP contribution in [0.3, 0.4) is 0 Å². The molecule has 0 bridgehead atoms. The van der Waals surface area contributed by atoms with Gasteiger partial charge >= 0.3 is 0 Å². The molecule has 0 aliphatic carbocycles. The maximum absolute atomic E-state index is 5.56. The Hall–Kier alpha value is -2.50. The standard InChI is InChI=1S/C22H26N4O/c1-17-8-6-7-11-20(17)16-25-12-14-26(15-13-25)18(2)22-23-21(24-27-22)19-9-4-3-5-10-19/h3-11,18H,12-16H2,1-2H3. The summed E-state index contributed by atoms with van der Waals surface area (Å²) < 4.78 is 5.56. The Balaban J connectivity index is 1.36. The lowest BCUT2D eigenvalue weighted by atomic mass is 10.1. The highest BCUT2D eigenvalue weighted by atomic mass is 16.5. The number of piperazine rings is 1. The zero-order chi connectivity index (χ0) is 18.6. The van der Waals surface area contributed by atoms with Crippen LogP contribution in [0.1, 0.15) is 30.0 Å². The summed E-state index contributed by atoms with van der Waals surface area (Å²) in [5.41, 5.74) is 3.78. The van der Waals surface area contributed by atoms with Crippen LogP contribution in [0.4, 0.5) is 0 Å². The van der Waals surface area contributed by atoms with Gasteiger partial charge in [0.2, 0.25) is 11.7 Å². The second-order valence-corrected chi connectivity index (χ2v) is 7.24. The van der Waals surface area contributed by atoms with Gasteiger partial charge in [-0.2, -0.15) is 4.98 Å². The molecule has 1 unspecified atom stereocenters. The van der Waals surface area contributed by atoms with E-state index < -0.39 is 0 Å². The minimum absolute atomic E-state index is 0.135. The van der Waals surface area contributed by atoms with Gasteiger partial charge in [0.1, 0.15) is 0 Å². The molecule has 4 rings (SSSR count). The molecule has 0 saturated carbocycles. The van der Waals surface area contributed by atoms with Crippen molar-refractivity contribution in [1.29, 1.82) is 0 Å². The van der Waals surface area contributed by atoms with Gasteiger partial charge < -0.3 is 4.52 Å². The number of nitrogens with zero attached hydrogens (tertiary/aromatic N) is 4. The lowest BCUT2D eigenvalue weighted by Gasteiger charge is -2.37. The Morgan fingerprint density at radius 1 is 0.963 bits per heavy atom. The van der Waals surface area contributed by atoms with Gasteiger partial charge in [-0.15, -0.1) is 0 Å². The molecular weight excluding hydrogens is 336 g/mol.